The Bertz CT molecular complexity index is 162. The first kappa shape index (κ1) is 11.3. The molecule has 0 aromatic rings. The van der Waals surface area contributed by atoms with E-state index < -0.39 is 15.5 Å². The van der Waals surface area contributed by atoms with Crippen LogP contribution >= 0.6 is 11.1 Å². The third kappa shape index (κ3) is 6.67. The number of halogens is 1. The molecule has 0 spiro atoms. The first-order valence-electron chi connectivity index (χ1n) is 3.93. The van der Waals surface area contributed by atoms with Crippen LogP contribution in [0, 0.1) is 12.0 Å². The minimum atomic E-state index is -1.37. The van der Waals surface area contributed by atoms with Crippen LogP contribution < -0.4 is 0 Å². The molecule has 0 rings (SSSR count). The highest BCUT2D eigenvalue weighted by Gasteiger charge is 2.24. The molecule has 64 valence electrons. The van der Waals surface area contributed by atoms with Gasteiger partial charge in [-0.15, -0.1) is 12.0 Å². The molecule has 0 nitrogen and oxygen atoms in total. The molecule has 0 fully saturated rings. The molecule has 0 aliphatic rings. The third-order valence-corrected chi connectivity index (χ3v) is 6.52. The van der Waals surface area contributed by atoms with Crippen LogP contribution in [-0.2, 0) is 0 Å². The topological polar surface area (TPSA) is 0 Å². The van der Waals surface area contributed by atoms with Crippen molar-refractivity contribution in [1.29, 1.82) is 0 Å². The van der Waals surface area contributed by atoms with Crippen molar-refractivity contribution >= 4 is 26.5 Å². The van der Waals surface area contributed by atoms with E-state index in [9.17, 15) is 0 Å². The highest BCUT2D eigenvalue weighted by atomic mass is 35.6. The summed E-state index contributed by atoms with van der Waals surface area (Å²) in [6, 6.07) is 2.35. The highest BCUT2D eigenvalue weighted by molar-refractivity contribution is 7.19. The van der Waals surface area contributed by atoms with Gasteiger partial charge in [-0.2, -0.15) is 11.1 Å². The lowest BCUT2D eigenvalue weighted by Gasteiger charge is -2.19. The summed E-state index contributed by atoms with van der Waals surface area (Å²) in [5.74, 6) is 0. The van der Waals surface area contributed by atoms with Gasteiger partial charge >= 0.3 is 0 Å². The molecule has 0 atom stereocenters. The predicted molar refractivity (Wildman–Crippen MR) is 59.3 cm³/mol. The molecule has 0 radical (unpaired) electrons. The Hall–Kier alpha value is 0.284. The lowest BCUT2D eigenvalue weighted by molar-refractivity contribution is 1.32. The van der Waals surface area contributed by atoms with Crippen LogP contribution in [0.2, 0.25) is 38.3 Å². The van der Waals surface area contributed by atoms with Gasteiger partial charge in [-0.3, -0.25) is 0 Å². The predicted octanol–water partition coefficient (Wildman–Crippen LogP) is 3.31. The normalized spacial score (nSPS) is 12.7. The van der Waals surface area contributed by atoms with Crippen LogP contribution in [0.1, 0.15) is 0 Å². The van der Waals surface area contributed by atoms with Crippen molar-refractivity contribution in [3.05, 3.63) is 0 Å². The maximum atomic E-state index is 6.19. The molecule has 11 heavy (non-hydrogen) atoms. The number of terminal acetylenes is 1. The van der Waals surface area contributed by atoms with Gasteiger partial charge in [-0.05, 0) is 12.1 Å². The Morgan fingerprint density at radius 2 is 1.64 bits per heavy atom. The van der Waals surface area contributed by atoms with Gasteiger partial charge in [0.25, 0.3) is 0 Å². The first-order valence-corrected chi connectivity index (χ1v) is 11.4. The van der Waals surface area contributed by atoms with Crippen molar-refractivity contribution in [3.8, 4) is 12.0 Å². The van der Waals surface area contributed by atoms with Gasteiger partial charge in [0.15, 0.2) is 0 Å². The summed E-state index contributed by atoms with van der Waals surface area (Å²) in [4.78, 5) is 0. The monoisotopic (exact) mass is 204 g/mol. The SMILES string of the molecule is C#C[Si](C)(C)CC[Si](C)(C)Cl. The summed E-state index contributed by atoms with van der Waals surface area (Å²) in [5.41, 5.74) is 2.92. The molecular weight excluding hydrogens is 188 g/mol. The first-order chi connectivity index (χ1) is 4.77. The minimum Gasteiger partial charge on any atom is -0.168 e. The number of rotatable bonds is 3. The second-order valence-corrected chi connectivity index (χ2v) is 15.8. The number of hydrogen-bond acceptors (Lipinski definition) is 0. The standard InChI is InChI=1S/C8H17ClSi2/c1-6-10(2,3)7-8-11(4,5)9/h1H,7-8H2,2-5H3. The van der Waals surface area contributed by atoms with Crippen molar-refractivity contribution in [2.45, 2.75) is 38.3 Å². The van der Waals surface area contributed by atoms with E-state index in [4.69, 9.17) is 17.5 Å². The van der Waals surface area contributed by atoms with Crippen LogP contribution in [0.4, 0.5) is 0 Å². The Morgan fingerprint density at radius 3 is 1.91 bits per heavy atom. The van der Waals surface area contributed by atoms with Crippen molar-refractivity contribution < 1.29 is 0 Å². The maximum absolute atomic E-state index is 6.19. The van der Waals surface area contributed by atoms with Gasteiger partial charge in [0.2, 0.25) is 0 Å². The zero-order valence-electron chi connectivity index (χ0n) is 7.87. The van der Waals surface area contributed by atoms with Crippen LogP contribution in [0.25, 0.3) is 0 Å². The quantitative estimate of drug-likeness (QED) is 0.376. The molecule has 0 unspecified atom stereocenters. The molecule has 0 saturated carbocycles. The van der Waals surface area contributed by atoms with Crippen molar-refractivity contribution in [1.82, 2.24) is 0 Å². The maximum Gasteiger partial charge on any atom is 0.150 e. The molecule has 0 aliphatic carbocycles. The minimum absolute atomic E-state index is 1.16. The molecule has 0 N–H and O–H groups in total. The van der Waals surface area contributed by atoms with Crippen LogP contribution in [0.15, 0.2) is 0 Å². The lowest BCUT2D eigenvalue weighted by atomic mass is 10.9. The molecule has 0 aromatic heterocycles. The van der Waals surface area contributed by atoms with E-state index in [1.165, 1.54) is 6.04 Å². The Morgan fingerprint density at radius 1 is 1.18 bits per heavy atom. The molecule has 0 heterocycles. The molecule has 0 bridgehead atoms. The Labute approximate surface area is 77.1 Å². The number of hydrogen-bond donors (Lipinski definition) is 0. The lowest BCUT2D eigenvalue weighted by Crippen LogP contribution is -2.27. The smallest absolute Gasteiger partial charge is 0.150 e. The van der Waals surface area contributed by atoms with Crippen molar-refractivity contribution in [2.24, 2.45) is 0 Å². The van der Waals surface area contributed by atoms with E-state index in [1.54, 1.807) is 0 Å². The summed E-state index contributed by atoms with van der Waals surface area (Å²) >= 11 is 6.19. The summed E-state index contributed by atoms with van der Waals surface area (Å²) < 4.78 is 0. The average Bonchev–Trinajstić information content (AvgIpc) is 1.83. The third-order valence-electron chi connectivity index (χ3n) is 1.74. The zero-order valence-corrected chi connectivity index (χ0v) is 10.6. The molecule has 3 heteroatoms. The van der Waals surface area contributed by atoms with E-state index in [0.29, 0.717) is 0 Å². The van der Waals surface area contributed by atoms with E-state index >= 15 is 0 Å². The fourth-order valence-corrected chi connectivity index (χ4v) is 6.55. The fourth-order valence-electron chi connectivity index (χ4n) is 0.682. The van der Waals surface area contributed by atoms with Gasteiger partial charge in [0, 0.05) is 0 Å². The van der Waals surface area contributed by atoms with Crippen LogP contribution in [0.3, 0.4) is 0 Å². The van der Waals surface area contributed by atoms with Crippen molar-refractivity contribution in [2.75, 3.05) is 0 Å². The summed E-state index contributed by atoms with van der Waals surface area (Å²) in [6.45, 7) is 8.80. The van der Waals surface area contributed by atoms with Gasteiger partial charge in [0.05, 0.1) is 0 Å². The summed E-state index contributed by atoms with van der Waals surface area (Å²) in [5, 5.41) is 0. The summed E-state index contributed by atoms with van der Waals surface area (Å²) in [7, 11) is -2.68. The summed E-state index contributed by atoms with van der Waals surface area (Å²) in [6.07, 6.45) is 5.42. The molecular formula is C8H17ClSi2. The Kier molecular flexibility index (Phi) is 3.89. The molecule has 0 aliphatic heterocycles. The second kappa shape index (κ2) is 3.79. The molecule has 0 saturated heterocycles. The van der Waals surface area contributed by atoms with Gasteiger partial charge in [0.1, 0.15) is 15.5 Å². The fraction of sp³-hybridized carbons (Fsp3) is 0.750. The molecule has 0 amide bonds. The van der Waals surface area contributed by atoms with Crippen molar-refractivity contribution in [3.63, 3.8) is 0 Å². The van der Waals surface area contributed by atoms with E-state index in [0.717, 1.165) is 6.04 Å². The van der Waals surface area contributed by atoms with E-state index in [2.05, 4.69) is 31.7 Å². The largest absolute Gasteiger partial charge is 0.168 e. The van der Waals surface area contributed by atoms with Gasteiger partial charge in [-0.1, -0.05) is 26.2 Å². The molecule has 0 aromatic carbocycles. The van der Waals surface area contributed by atoms with Crippen LogP contribution in [-0.4, -0.2) is 15.5 Å². The van der Waals surface area contributed by atoms with E-state index in [-0.39, 0.29) is 0 Å². The second-order valence-electron chi connectivity index (χ2n) is 4.25. The zero-order chi connectivity index (χ0) is 9.12. The van der Waals surface area contributed by atoms with Gasteiger partial charge in [-0.25, -0.2) is 0 Å². The van der Waals surface area contributed by atoms with Gasteiger partial charge < -0.3 is 0 Å². The Balaban J connectivity index is 3.83. The average molecular weight is 205 g/mol. The van der Waals surface area contributed by atoms with E-state index in [1.807, 2.05) is 0 Å². The highest BCUT2D eigenvalue weighted by Crippen LogP contribution is 2.22. The van der Waals surface area contributed by atoms with Crippen LogP contribution in [0.5, 0.6) is 0 Å².